The second kappa shape index (κ2) is 11.1. The number of fused-ring (bicyclic) bond motifs is 1. The second-order valence-corrected chi connectivity index (χ2v) is 13.5. The molecular weight excluding hydrogens is 490 g/mol. The predicted octanol–water partition coefficient (Wildman–Crippen LogP) is 6.85. The van der Waals surface area contributed by atoms with Crippen molar-refractivity contribution in [2.24, 2.45) is 23.2 Å². The molecule has 0 spiro atoms. The third-order valence-electron chi connectivity index (χ3n) is 9.16. The van der Waals surface area contributed by atoms with Gasteiger partial charge in [0.2, 0.25) is 5.91 Å². The molecule has 4 bridgehead atoms. The fourth-order valence-electron chi connectivity index (χ4n) is 7.91. The molecule has 0 aliphatic heterocycles. The third kappa shape index (κ3) is 6.24. The quantitative estimate of drug-likeness (QED) is 0.366. The summed E-state index contributed by atoms with van der Waals surface area (Å²) in [5.41, 5.74) is 1.88. The maximum atomic E-state index is 13.2. The van der Waals surface area contributed by atoms with Gasteiger partial charge in [0.1, 0.15) is 0 Å². The van der Waals surface area contributed by atoms with E-state index in [4.69, 9.17) is 4.74 Å². The van der Waals surface area contributed by atoms with E-state index < -0.39 is 6.10 Å². The Morgan fingerprint density at radius 1 is 1.10 bits per heavy atom. The Bertz CT molecular complexity index is 1170. The number of anilines is 1. The molecule has 7 nitrogen and oxygen atoms in total. The van der Waals surface area contributed by atoms with E-state index >= 15 is 0 Å². The average Bonchev–Trinajstić information content (AvgIpc) is 2.85. The first-order chi connectivity index (χ1) is 18.5. The van der Waals surface area contributed by atoms with Gasteiger partial charge in [-0.2, -0.15) is 0 Å². The van der Waals surface area contributed by atoms with E-state index in [9.17, 15) is 14.7 Å². The maximum Gasteiger partial charge on any atom is 0.410 e. The fourth-order valence-corrected chi connectivity index (χ4v) is 7.91. The zero-order valence-corrected chi connectivity index (χ0v) is 24.0. The highest BCUT2D eigenvalue weighted by Crippen LogP contribution is 2.61. The number of aliphatic hydroxyl groups is 1. The average molecular weight is 536 g/mol. The minimum absolute atomic E-state index is 0.0998. The van der Waals surface area contributed by atoms with Crippen LogP contribution in [-0.4, -0.2) is 45.7 Å². The maximum absolute atomic E-state index is 13.2. The number of aliphatic hydroxyl groups excluding tert-OH is 1. The van der Waals surface area contributed by atoms with Crippen molar-refractivity contribution in [1.82, 2.24) is 9.88 Å². The zero-order chi connectivity index (χ0) is 27.8. The lowest BCUT2D eigenvalue weighted by Crippen LogP contribution is -2.47. The fraction of sp³-hybridized carbons (Fsp3) is 0.656. The molecule has 0 radical (unpaired) electrons. The highest BCUT2D eigenvalue weighted by molar-refractivity contribution is 6.01. The lowest BCUT2D eigenvalue weighted by atomic mass is 9.49. The summed E-state index contributed by atoms with van der Waals surface area (Å²) in [4.78, 5) is 32.2. The van der Waals surface area contributed by atoms with E-state index in [0.29, 0.717) is 18.7 Å². The molecule has 4 saturated carbocycles. The Morgan fingerprint density at radius 3 is 2.38 bits per heavy atom. The number of carbonyl (C=O) groups excluding carboxylic acids is 2. The van der Waals surface area contributed by atoms with Gasteiger partial charge in [0.05, 0.1) is 29.6 Å². The molecule has 1 unspecified atom stereocenters. The third-order valence-corrected chi connectivity index (χ3v) is 9.16. The number of benzene rings is 1. The van der Waals surface area contributed by atoms with Crippen LogP contribution in [0.2, 0.25) is 0 Å². The van der Waals surface area contributed by atoms with Crippen LogP contribution in [0.25, 0.3) is 10.9 Å². The normalized spacial score (nSPS) is 26.4. The number of nitrogens with zero attached hydrogens (tertiary/aromatic N) is 2. The summed E-state index contributed by atoms with van der Waals surface area (Å²) in [6, 6.07) is 9.42. The van der Waals surface area contributed by atoms with Gasteiger partial charge in [0.15, 0.2) is 0 Å². The molecule has 4 fully saturated rings. The lowest BCUT2D eigenvalue weighted by molar-refractivity contribution is -0.124. The number of amides is 2. The summed E-state index contributed by atoms with van der Waals surface area (Å²) in [6.07, 6.45) is 8.27. The van der Waals surface area contributed by atoms with Crippen molar-refractivity contribution in [3.05, 3.63) is 36.0 Å². The molecule has 4 aliphatic rings. The number of aromatic nitrogens is 1. The Labute approximate surface area is 232 Å². The molecule has 2 amide bonds. The smallest absolute Gasteiger partial charge is 0.410 e. The molecule has 1 atom stereocenters. The molecule has 0 saturated heterocycles. The molecule has 1 aromatic carbocycles. The van der Waals surface area contributed by atoms with Crippen LogP contribution in [-0.2, 0) is 9.53 Å². The summed E-state index contributed by atoms with van der Waals surface area (Å²) in [5.74, 6) is 2.58. The van der Waals surface area contributed by atoms with Crippen molar-refractivity contribution >= 4 is 28.6 Å². The monoisotopic (exact) mass is 535 g/mol. The van der Waals surface area contributed by atoms with E-state index in [-0.39, 0.29) is 36.0 Å². The number of carbonyl (C=O) groups is 2. The van der Waals surface area contributed by atoms with Gasteiger partial charge < -0.3 is 20.1 Å². The standard InChI is InChI=1S/C32H45N3O4/c1-5-12-35(31(2,3)4)30(38)39-13-11-28(36)27-10-9-24-25(33-27)7-6-8-26(24)34-29(37)20-32-17-21-14-22(18-32)16-23(15-21)19-32/h6-10,21-23,28,36H,5,11-20H2,1-4H3,(H,34,37). The highest BCUT2D eigenvalue weighted by atomic mass is 16.6. The summed E-state index contributed by atoms with van der Waals surface area (Å²) in [6.45, 7) is 8.71. The van der Waals surface area contributed by atoms with Crippen molar-refractivity contribution < 1.29 is 19.4 Å². The van der Waals surface area contributed by atoms with Crippen LogP contribution in [0.15, 0.2) is 30.3 Å². The number of rotatable bonds is 9. The van der Waals surface area contributed by atoms with E-state index in [0.717, 1.165) is 40.8 Å². The van der Waals surface area contributed by atoms with Crippen molar-refractivity contribution in [3.8, 4) is 0 Å². The number of hydrogen-bond donors (Lipinski definition) is 2. The van der Waals surface area contributed by atoms with Crippen molar-refractivity contribution in [2.45, 2.75) is 97.1 Å². The van der Waals surface area contributed by atoms with Gasteiger partial charge >= 0.3 is 6.09 Å². The molecule has 2 N–H and O–H groups in total. The summed E-state index contributed by atoms with van der Waals surface area (Å²) >= 11 is 0. The van der Waals surface area contributed by atoms with Crippen molar-refractivity contribution in [1.29, 1.82) is 0 Å². The van der Waals surface area contributed by atoms with Crippen LogP contribution >= 0.6 is 0 Å². The minimum atomic E-state index is -0.856. The summed E-state index contributed by atoms with van der Waals surface area (Å²) in [5, 5.41) is 14.8. The van der Waals surface area contributed by atoms with Gasteiger partial charge in [-0.1, -0.05) is 13.0 Å². The van der Waals surface area contributed by atoms with Crippen LogP contribution < -0.4 is 5.32 Å². The molecule has 7 heteroatoms. The predicted molar refractivity (Wildman–Crippen MR) is 153 cm³/mol. The Balaban J connectivity index is 1.19. The summed E-state index contributed by atoms with van der Waals surface area (Å²) in [7, 11) is 0. The zero-order valence-electron chi connectivity index (χ0n) is 24.0. The SMILES string of the molecule is CCCN(C(=O)OCCC(O)c1ccc2c(NC(=O)CC34CC5CC(CC(C5)C3)C4)cccc2n1)C(C)(C)C. The Morgan fingerprint density at radius 2 is 1.77 bits per heavy atom. The molecule has 212 valence electrons. The highest BCUT2D eigenvalue weighted by Gasteiger charge is 2.51. The van der Waals surface area contributed by atoms with Crippen LogP contribution in [0.3, 0.4) is 0 Å². The summed E-state index contributed by atoms with van der Waals surface area (Å²) < 4.78 is 5.48. The van der Waals surface area contributed by atoms with Gasteiger partial charge in [-0.15, -0.1) is 0 Å². The van der Waals surface area contributed by atoms with Gasteiger partial charge in [0.25, 0.3) is 0 Å². The topological polar surface area (TPSA) is 91.8 Å². The van der Waals surface area contributed by atoms with Crippen LogP contribution in [0.5, 0.6) is 0 Å². The Hall–Kier alpha value is -2.67. The minimum Gasteiger partial charge on any atom is -0.449 e. The van der Waals surface area contributed by atoms with Crippen LogP contribution in [0, 0.1) is 23.2 Å². The van der Waals surface area contributed by atoms with E-state index in [2.05, 4.69) is 10.3 Å². The first kappa shape index (κ1) is 27.9. The Kier molecular flexibility index (Phi) is 7.91. The van der Waals surface area contributed by atoms with Gasteiger partial charge in [-0.05, 0) is 113 Å². The van der Waals surface area contributed by atoms with Gasteiger partial charge in [-0.3, -0.25) is 4.79 Å². The molecule has 6 rings (SSSR count). The number of nitrogens with one attached hydrogen (secondary N) is 1. The second-order valence-electron chi connectivity index (χ2n) is 13.5. The molecule has 39 heavy (non-hydrogen) atoms. The lowest BCUT2D eigenvalue weighted by Gasteiger charge is -2.56. The van der Waals surface area contributed by atoms with Gasteiger partial charge in [-0.25, -0.2) is 9.78 Å². The van der Waals surface area contributed by atoms with Crippen LogP contribution in [0.4, 0.5) is 10.5 Å². The molecule has 4 aliphatic carbocycles. The van der Waals surface area contributed by atoms with E-state index in [1.807, 2.05) is 52.0 Å². The number of hydrogen-bond acceptors (Lipinski definition) is 5. The van der Waals surface area contributed by atoms with Crippen molar-refractivity contribution in [3.63, 3.8) is 0 Å². The molecular formula is C32H45N3O4. The van der Waals surface area contributed by atoms with Gasteiger partial charge in [0, 0.05) is 30.3 Å². The first-order valence-corrected chi connectivity index (χ1v) is 14.9. The van der Waals surface area contributed by atoms with E-state index in [1.165, 1.54) is 38.5 Å². The van der Waals surface area contributed by atoms with E-state index in [1.54, 1.807) is 11.0 Å². The first-order valence-electron chi connectivity index (χ1n) is 14.9. The number of ether oxygens (including phenoxy) is 1. The largest absolute Gasteiger partial charge is 0.449 e. The van der Waals surface area contributed by atoms with Crippen LogP contribution in [0.1, 0.15) is 97.3 Å². The van der Waals surface area contributed by atoms with Crippen molar-refractivity contribution in [2.75, 3.05) is 18.5 Å². The molecule has 1 aromatic heterocycles. The molecule has 2 aromatic rings. The number of pyridine rings is 1. The molecule has 1 heterocycles.